The highest BCUT2D eigenvalue weighted by Gasteiger charge is 1.97. The molecule has 2 heteroatoms. The van der Waals surface area contributed by atoms with E-state index in [1.807, 2.05) is 0 Å². The predicted molar refractivity (Wildman–Crippen MR) is 64.7 cm³/mol. The number of hydrogen-bond acceptors (Lipinski definition) is 2. The van der Waals surface area contributed by atoms with E-state index in [4.69, 9.17) is 9.47 Å². The molecule has 0 radical (unpaired) electrons. The van der Waals surface area contributed by atoms with E-state index >= 15 is 0 Å². The van der Waals surface area contributed by atoms with E-state index in [-0.39, 0.29) is 0 Å². The Morgan fingerprint density at radius 3 is 2.20 bits per heavy atom. The molecule has 0 atom stereocenters. The molecular weight excluding hydrogens is 188 g/mol. The van der Waals surface area contributed by atoms with Gasteiger partial charge in [-0.2, -0.15) is 0 Å². The predicted octanol–water partition coefficient (Wildman–Crippen LogP) is 4.26. The van der Waals surface area contributed by atoms with Crippen LogP contribution in [0.3, 0.4) is 0 Å². The molecule has 0 aromatic heterocycles. The fraction of sp³-hybridized carbons (Fsp3) is 0.846. The molecule has 0 amide bonds. The third kappa shape index (κ3) is 9.64. The Balaban J connectivity index is 3.68. The van der Waals surface area contributed by atoms with Gasteiger partial charge in [0.05, 0.1) is 13.2 Å². The SMILES string of the molecule is CCCCO/C=C(\CCC)OCCCC. The van der Waals surface area contributed by atoms with Crippen LogP contribution in [0.4, 0.5) is 0 Å². The molecule has 0 saturated heterocycles. The van der Waals surface area contributed by atoms with E-state index in [1.54, 1.807) is 6.26 Å². The van der Waals surface area contributed by atoms with Crippen LogP contribution in [0.15, 0.2) is 12.0 Å². The van der Waals surface area contributed by atoms with Gasteiger partial charge in [-0.15, -0.1) is 0 Å². The minimum atomic E-state index is 0.806. The summed E-state index contributed by atoms with van der Waals surface area (Å²) in [6.45, 7) is 8.12. The highest BCUT2D eigenvalue weighted by atomic mass is 16.5. The maximum atomic E-state index is 5.64. The van der Waals surface area contributed by atoms with Crippen molar-refractivity contribution >= 4 is 0 Å². The Hall–Kier alpha value is -0.660. The molecule has 0 spiro atoms. The minimum Gasteiger partial charge on any atom is -0.498 e. The third-order valence-electron chi connectivity index (χ3n) is 2.11. The van der Waals surface area contributed by atoms with Crippen molar-refractivity contribution in [2.24, 2.45) is 0 Å². The zero-order chi connectivity index (χ0) is 11.4. The van der Waals surface area contributed by atoms with Crippen molar-refractivity contribution in [1.82, 2.24) is 0 Å². The van der Waals surface area contributed by atoms with Gasteiger partial charge in [-0.05, 0) is 19.3 Å². The lowest BCUT2D eigenvalue weighted by Gasteiger charge is -2.09. The van der Waals surface area contributed by atoms with Crippen LogP contribution in [0, 0.1) is 0 Å². The fourth-order valence-corrected chi connectivity index (χ4v) is 1.14. The highest BCUT2D eigenvalue weighted by molar-refractivity contribution is 4.87. The molecule has 0 aliphatic heterocycles. The molecule has 15 heavy (non-hydrogen) atoms. The molecule has 0 aliphatic carbocycles. The van der Waals surface area contributed by atoms with Gasteiger partial charge in [0.1, 0.15) is 12.0 Å². The quantitative estimate of drug-likeness (QED) is 0.399. The number of ether oxygens (including phenoxy) is 2. The first kappa shape index (κ1) is 14.3. The van der Waals surface area contributed by atoms with Crippen molar-refractivity contribution in [2.45, 2.75) is 59.3 Å². The Bertz CT molecular complexity index is 153. The van der Waals surface area contributed by atoms with Gasteiger partial charge in [-0.25, -0.2) is 0 Å². The van der Waals surface area contributed by atoms with Crippen molar-refractivity contribution in [2.75, 3.05) is 13.2 Å². The van der Waals surface area contributed by atoms with Crippen LogP contribution in [0.1, 0.15) is 59.3 Å². The van der Waals surface area contributed by atoms with E-state index in [0.717, 1.165) is 44.7 Å². The minimum absolute atomic E-state index is 0.806. The van der Waals surface area contributed by atoms with Gasteiger partial charge in [0, 0.05) is 6.42 Å². The van der Waals surface area contributed by atoms with Crippen LogP contribution < -0.4 is 0 Å². The average molecular weight is 214 g/mol. The first-order chi connectivity index (χ1) is 7.35. The molecule has 0 unspecified atom stereocenters. The molecule has 0 rings (SSSR count). The van der Waals surface area contributed by atoms with Gasteiger partial charge < -0.3 is 9.47 Å². The molecule has 0 saturated carbocycles. The molecule has 0 aliphatic rings. The largest absolute Gasteiger partial charge is 0.498 e. The molecular formula is C13H26O2. The van der Waals surface area contributed by atoms with Gasteiger partial charge >= 0.3 is 0 Å². The van der Waals surface area contributed by atoms with Crippen LogP contribution in [-0.4, -0.2) is 13.2 Å². The molecule has 0 bridgehead atoms. The Kier molecular flexibility index (Phi) is 10.9. The van der Waals surface area contributed by atoms with Gasteiger partial charge in [0.25, 0.3) is 0 Å². The maximum absolute atomic E-state index is 5.64. The monoisotopic (exact) mass is 214 g/mol. The van der Waals surface area contributed by atoms with Crippen molar-refractivity contribution in [1.29, 1.82) is 0 Å². The number of unbranched alkanes of at least 4 members (excludes halogenated alkanes) is 2. The van der Waals surface area contributed by atoms with Crippen LogP contribution in [0.2, 0.25) is 0 Å². The smallest absolute Gasteiger partial charge is 0.130 e. The Labute approximate surface area is 94.7 Å². The summed E-state index contributed by atoms with van der Waals surface area (Å²) < 4.78 is 11.1. The fourth-order valence-electron chi connectivity index (χ4n) is 1.14. The standard InChI is InChI=1S/C13H26O2/c1-4-7-10-14-12-13(9-6-3)15-11-8-5-2/h12H,4-11H2,1-3H3/b13-12+. The molecule has 0 heterocycles. The van der Waals surface area contributed by atoms with Crippen molar-refractivity contribution in [3.63, 3.8) is 0 Å². The molecule has 0 aromatic carbocycles. The normalized spacial score (nSPS) is 11.5. The summed E-state index contributed by atoms with van der Waals surface area (Å²) in [6, 6.07) is 0. The number of rotatable bonds is 10. The van der Waals surface area contributed by atoms with Gasteiger partial charge in [0.2, 0.25) is 0 Å². The highest BCUT2D eigenvalue weighted by Crippen LogP contribution is 2.08. The van der Waals surface area contributed by atoms with Crippen molar-refractivity contribution in [3.8, 4) is 0 Å². The van der Waals surface area contributed by atoms with Crippen molar-refractivity contribution in [3.05, 3.63) is 12.0 Å². The number of hydrogen-bond donors (Lipinski definition) is 0. The molecule has 0 fully saturated rings. The van der Waals surface area contributed by atoms with E-state index in [0.29, 0.717) is 0 Å². The van der Waals surface area contributed by atoms with Crippen LogP contribution in [0.25, 0.3) is 0 Å². The molecule has 0 N–H and O–H groups in total. The second-order valence-electron chi connectivity index (χ2n) is 3.76. The first-order valence-electron chi connectivity index (χ1n) is 6.28. The lowest BCUT2D eigenvalue weighted by Crippen LogP contribution is -1.97. The topological polar surface area (TPSA) is 18.5 Å². The van der Waals surface area contributed by atoms with E-state index < -0.39 is 0 Å². The molecule has 2 nitrogen and oxygen atoms in total. The lowest BCUT2D eigenvalue weighted by molar-refractivity contribution is 0.164. The summed E-state index contributed by atoms with van der Waals surface area (Å²) >= 11 is 0. The van der Waals surface area contributed by atoms with Crippen molar-refractivity contribution < 1.29 is 9.47 Å². The van der Waals surface area contributed by atoms with Crippen LogP contribution in [0.5, 0.6) is 0 Å². The first-order valence-corrected chi connectivity index (χ1v) is 6.28. The summed E-state index contributed by atoms with van der Waals surface area (Å²) in [4.78, 5) is 0. The molecule has 0 aromatic rings. The maximum Gasteiger partial charge on any atom is 0.130 e. The zero-order valence-corrected chi connectivity index (χ0v) is 10.6. The zero-order valence-electron chi connectivity index (χ0n) is 10.6. The van der Waals surface area contributed by atoms with Crippen LogP contribution in [-0.2, 0) is 9.47 Å². The van der Waals surface area contributed by atoms with E-state index in [9.17, 15) is 0 Å². The summed E-state index contributed by atoms with van der Waals surface area (Å²) in [7, 11) is 0. The van der Waals surface area contributed by atoms with Gasteiger partial charge in [0.15, 0.2) is 0 Å². The second-order valence-corrected chi connectivity index (χ2v) is 3.76. The van der Waals surface area contributed by atoms with Crippen LogP contribution >= 0.6 is 0 Å². The van der Waals surface area contributed by atoms with Gasteiger partial charge in [-0.3, -0.25) is 0 Å². The Morgan fingerprint density at radius 1 is 0.933 bits per heavy atom. The van der Waals surface area contributed by atoms with Gasteiger partial charge in [-0.1, -0.05) is 33.6 Å². The third-order valence-corrected chi connectivity index (χ3v) is 2.11. The second kappa shape index (κ2) is 11.4. The summed E-state index contributed by atoms with van der Waals surface area (Å²) in [5, 5.41) is 0. The summed E-state index contributed by atoms with van der Waals surface area (Å²) in [5.74, 6) is 1.00. The van der Waals surface area contributed by atoms with E-state index in [2.05, 4.69) is 20.8 Å². The summed E-state index contributed by atoms with van der Waals surface area (Å²) in [6.07, 6.45) is 8.48. The lowest BCUT2D eigenvalue weighted by atomic mass is 10.3. The number of allylic oxidation sites excluding steroid dienone is 1. The average Bonchev–Trinajstić information content (AvgIpc) is 2.24. The van der Waals surface area contributed by atoms with E-state index in [1.165, 1.54) is 12.8 Å². The molecule has 90 valence electrons. The summed E-state index contributed by atoms with van der Waals surface area (Å²) in [5.41, 5.74) is 0. The Morgan fingerprint density at radius 2 is 1.60 bits per heavy atom.